The quantitative estimate of drug-likeness (QED) is 0.368. The van der Waals surface area contributed by atoms with Crippen LogP contribution in [0, 0.1) is 0 Å². The number of nitrogens with one attached hydrogen (secondary N) is 1. The van der Waals surface area contributed by atoms with Crippen LogP contribution in [0.15, 0.2) is 54.4 Å². The molecular weight excluding hydrogens is 445 g/mol. The number of amides is 1. The lowest BCUT2D eigenvalue weighted by molar-refractivity contribution is -0.114. The van der Waals surface area contributed by atoms with Crippen molar-refractivity contribution in [1.29, 1.82) is 0 Å². The highest BCUT2D eigenvalue weighted by molar-refractivity contribution is 7.45. The molecule has 2 aliphatic heterocycles. The first-order valence-corrected chi connectivity index (χ1v) is 12.1. The van der Waals surface area contributed by atoms with Crippen molar-refractivity contribution in [2.24, 2.45) is 5.73 Å². The van der Waals surface area contributed by atoms with E-state index < -0.39 is 14.4 Å². The fraction of sp³-hybridized carbons (Fsp3) is 0.478. The minimum absolute atomic E-state index is 0.104. The molecule has 0 aromatic heterocycles. The van der Waals surface area contributed by atoms with Crippen LogP contribution in [0.2, 0.25) is 0 Å². The van der Waals surface area contributed by atoms with Gasteiger partial charge in [0.1, 0.15) is 18.3 Å². The Labute approximate surface area is 196 Å². The molecule has 9 nitrogen and oxygen atoms in total. The molecule has 0 radical (unpaired) electrons. The van der Waals surface area contributed by atoms with Gasteiger partial charge in [-0.15, -0.1) is 0 Å². The summed E-state index contributed by atoms with van der Waals surface area (Å²) < 4.78 is 22.4. The zero-order valence-corrected chi connectivity index (χ0v) is 20.3. The van der Waals surface area contributed by atoms with E-state index in [2.05, 4.69) is 5.09 Å². The zero-order valence-electron chi connectivity index (χ0n) is 19.4. The summed E-state index contributed by atoms with van der Waals surface area (Å²) in [5, 5.41) is 2.95. The van der Waals surface area contributed by atoms with Crippen LogP contribution in [0.3, 0.4) is 0 Å². The van der Waals surface area contributed by atoms with Crippen LogP contribution >= 0.6 is 8.53 Å². The van der Waals surface area contributed by atoms with Gasteiger partial charge in [-0.3, -0.25) is 4.79 Å². The molecule has 3 N–H and O–H groups in total. The molecule has 10 heteroatoms. The van der Waals surface area contributed by atoms with Crippen molar-refractivity contribution < 1.29 is 28.1 Å². The number of methoxy groups -OCH3 is 1. The maximum atomic E-state index is 11.4. The number of carbonyl (C=O) groups is 2. The normalized spacial score (nSPS) is 20.6. The van der Waals surface area contributed by atoms with Crippen molar-refractivity contribution in [3.63, 3.8) is 0 Å². The van der Waals surface area contributed by atoms with Crippen molar-refractivity contribution in [2.75, 3.05) is 20.3 Å². The Morgan fingerprint density at radius 1 is 1.33 bits per heavy atom. The lowest BCUT2D eigenvalue weighted by atomic mass is 10.1. The number of benzene rings is 1. The molecule has 3 unspecified atom stereocenters. The molecule has 2 heterocycles. The number of carbonyl (C=O) groups excluding carboxylic acids is 2. The van der Waals surface area contributed by atoms with E-state index in [9.17, 15) is 9.59 Å². The van der Waals surface area contributed by atoms with Gasteiger partial charge >= 0.3 is 8.53 Å². The van der Waals surface area contributed by atoms with Crippen LogP contribution in [-0.2, 0) is 23.6 Å². The van der Waals surface area contributed by atoms with Gasteiger partial charge in [-0.2, -0.15) is 0 Å². The highest BCUT2D eigenvalue weighted by atomic mass is 31.2. The fourth-order valence-corrected chi connectivity index (χ4v) is 3.94. The molecule has 2 aliphatic rings. The Morgan fingerprint density at radius 3 is 2.70 bits per heavy atom. The average molecular weight is 480 g/mol. The van der Waals surface area contributed by atoms with Crippen LogP contribution in [0.25, 0.3) is 0 Å². The molecule has 3 rings (SSSR count). The first-order valence-electron chi connectivity index (χ1n) is 10.9. The molecule has 0 bridgehead atoms. The molecule has 1 amide bonds. The number of primary amides is 1. The second-order valence-electron chi connectivity index (χ2n) is 7.62. The monoisotopic (exact) mass is 479 g/mol. The smallest absolute Gasteiger partial charge is 0.318 e. The number of aldehydes is 1. The van der Waals surface area contributed by atoms with Crippen molar-refractivity contribution in [3.8, 4) is 5.75 Å². The maximum Gasteiger partial charge on any atom is 0.318 e. The lowest BCUT2D eigenvalue weighted by Crippen LogP contribution is -2.30. The number of hydrogen-bond acceptors (Lipinski definition) is 8. The summed E-state index contributed by atoms with van der Waals surface area (Å²) in [6.07, 6.45) is 8.58. The lowest BCUT2D eigenvalue weighted by Gasteiger charge is -2.27. The summed E-state index contributed by atoms with van der Waals surface area (Å²) >= 11 is 0. The number of nitrogens with zero attached hydrogens (tertiary/aromatic N) is 1. The number of allylic oxidation sites excluding steroid dienone is 1. The Morgan fingerprint density at radius 2 is 2.06 bits per heavy atom. The van der Waals surface area contributed by atoms with Gasteiger partial charge in [-0.1, -0.05) is 24.3 Å². The van der Waals surface area contributed by atoms with Crippen molar-refractivity contribution >= 4 is 20.7 Å². The molecule has 33 heavy (non-hydrogen) atoms. The van der Waals surface area contributed by atoms with E-state index >= 15 is 0 Å². The Hall–Kier alpha value is -2.29. The molecule has 1 aromatic carbocycles. The Balaban J connectivity index is 0.000000696. The van der Waals surface area contributed by atoms with Gasteiger partial charge in [0.25, 0.3) is 0 Å². The number of nitrogens with two attached hydrogens (primary N) is 1. The third-order valence-electron chi connectivity index (χ3n) is 4.74. The number of ether oxygens (including phenoxy) is 2. The topological polar surface area (TPSA) is 112 Å². The Bertz CT molecular complexity index is 790. The second kappa shape index (κ2) is 14.8. The van der Waals surface area contributed by atoms with E-state index in [1.165, 1.54) is 0 Å². The van der Waals surface area contributed by atoms with Gasteiger partial charge < -0.3 is 33.9 Å². The molecule has 1 saturated heterocycles. The predicted octanol–water partition coefficient (Wildman–Crippen LogP) is 3.23. The van der Waals surface area contributed by atoms with Gasteiger partial charge in [0.2, 0.25) is 5.91 Å². The molecule has 0 saturated carbocycles. The second-order valence-corrected chi connectivity index (χ2v) is 8.89. The van der Waals surface area contributed by atoms with E-state index in [4.69, 9.17) is 24.3 Å². The molecule has 3 atom stereocenters. The van der Waals surface area contributed by atoms with Crippen molar-refractivity contribution in [2.45, 2.75) is 51.5 Å². The summed E-state index contributed by atoms with van der Waals surface area (Å²) in [5.41, 5.74) is 5.93. The SMILES string of the molecule is COC(C)C.NC(=O)C1=CN(C2CCC(COP(NCC=O)Oc3ccccc3)O2)C=CC1. The van der Waals surface area contributed by atoms with Gasteiger partial charge in [-0.25, -0.2) is 5.09 Å². The van der Waals surface area contributed by atoms with Crippen LogP contribution in [0.1, 0.15) is 33.1 Å². The van der Waals surface area contributed by atoms with Gasteiger partial charge in [0.05, 0.1) is 25.4 Å². The zero-order chi connectivity index (χ0) is 24.1. The van der Waals surface area contributed by atoms with E-state index in [0.717, 1.165) is 19.1 Å². The molecular formula is C23H34N3O6P. The summed E-state index contributed by atoms with van der Waals surface area (Å²) in [6.45, 7) is 4.48. The number of para-hydroxylation sites is 1. The molecule has 0 aliphatic carbocycles. The summed E-state index contributed by atoms with van der Waals surface area (Å²) in [5.74, 6) is 0.247. The number of hydrogen-bond donors (Lipinski definition) is 2. The van der Waals surface area contributed by atoms with E-state index in [1.807, 2.05) is 61.4 Å². The van der Waals surface area contributed by atoms with Gasteiger partial charge in [-0.05, 0) is 45.2 Å². The fourth-order valence-electron chi connectivity index (χ4n) is 2.89. The predicted molar refractivity (Wildman–Crippen MR) is 127 cm³/mol. The van der Waals surface area contributed by atoms with Crippen LogP contribution in [-0.4, -0.2) is 55.8 Å². The number of rotatable bonds is 11. The van der Waals surface area contributed by atoms with Crippen LogP contribution in [0.4, 0.5) is 0 Å². The molecule has 0 spiro atoms. The largest absolute Gasteiger partial charge is 0.436 e. The third-order valence-corrected chi connectivity index (χ3v) is 5.94. The summed E-state index contributed by atoms with van der Waals surface area (Å²) in [6, 6.07) is 9.29. The summed E-state index contributed by atoms with van der Waals surface area (Å²) in [7, 11) is 0.234. The summed E-state index contributed by atoms with van der Waals surface area (Å²) in [4.78, 5) is 23.9. The van der Waals surface area contributed by atoms with E-state index in [1.54, 1.807) is 13.3 Å². The van der Waals surface area contributed by atoms with Gasteiger partial charge in [0.15, 0.2) is 0 Å². The highest BCUT2D eigenvalue weighted by Crippen LogP contribution is 2.36. The van der Waals surface area contributed by atoms with Crippen molar-refractivity contribution in [1.82, 2.24) is 9.99 Å². The van der Waals surface area contributed by atoms with Gasteiger partial charge in [0, 0.05) is 25.1 Å². The van der Waals surface area contributed by atoms with Crippen molar-refractivity contribution in [3.05, 3.63) is 54.4 Å². The van der Waals surface area contributed by atoms with Crippen LogP contribution in [0.5, 0.6) is 5.75 Å². The standard InChI is InChI=1S/C19H24N3O5P.C4H10O/c20-19(24)15-5-4-11-22(13-15)18-9-8-17(26-18)14-25-28(21-10-12-23)27-16-6-2-1-3-7-16;1-4(2)5-3/h1-4,6-7,11-13,17-18,21H,5,8-10,14H2,(H2,20,24);4H,1-3H3. The Kier molecular flexibility index (Phi) is 12.1. The molecule has 182 valence electrons. The van der Waals surface area contributed by atoms with E-state index in [0.29, 0.717) is 30.5 Å². The highest BCUT2D eigenvalue weighted by Gasteiger charge is 2.30. The first kappa shape index (κ1) is 27.0. The maximum absolute atomic E-state index is 11.4. The first-order chi connectivity index (χ1) is 15.9. The minimum Gasteiger partial charge on any atom is -0.436 e. The minimum atomic E-state index is -1.47. The van der Waals surface area contributed by atoms with E-state index in [-0.39, 0.29) is 18.9 Å². The molecule has 1 aromatic rings. The third kappa shape index (κ3) is 10.0. The average Bonchev–Trinajstić information content (AvgIpc) is 3.31. The molecule has 1 fully saturated rings. The van der Waals surface area contributed by atoms with Crippen LogP contribution < -0.4 is 15.3 Å².